The number of carbonyl (C=O) groups excluding carboxylic acids is 1. The van der Waals surface area contributed by atoms with Crippen LogP contribution in [-0.4, -0.2) is 15.9 Å². The number of carbonyl (C=O) groups is 1. The molecule has 0 aliphatic rings. The number of benzene rings is 1. The number of nitrogens with two attached hydrogens (primary N) is 1. The Hall–Kier alpha value is -2.14. The number of hydrogen-bond donors (Lipinski definition) is 2. The first-order valence-corrected chi connectivity index (χ1v) is 5.95. The Morgan fingerprint density at radius 3 is 2.94 bits per heavy atom. The summed E-state index contributed by atoms with van der Waals surface area (Å²) in [5.41, 5.74) is 10.2. The van der Waals surface area contributed by atoms with Crippen LogP contribution in [-0.2, 0) is 0 Å². The third kappa shape index (κ3) is 1.60. The second kappa shape index (κ2) is 3.71. The van der Waals surface area contributed by atoms with Crippen LogP contribution in [0.25, 0.3) is 21.6 Å². The first-order valence-electron chi connectivity index (χ1n) is 5.07. The molecule has 0 aliphatic carbocycles. The van der Waals surface area contributed by atoms with Crippen molar-refractivity contribution >= 4 is 27.6 Å². The van der Waals surface area contributed by atoms with Gasteiger partial charge >= 0.3 is 0 Å². The zero-order valence-electron chi connectivity index (χ0n) is 8.81. The fourth-order valence-electron chi connectivity index (χ4n) is 1.82. The van der Waals surface area contributed by atoms with Crippen LogP contribution in [0.3, 0.4) is 0 Å². The number of hydrogen-bond acceptors (Lipinski definition) is 3. The van der Waals surface area contributed by atoms with E-state index in [9.17, 15) is 4.79 Å². The van der Waals surface area contributed by atoms with Gasteiger partial charge in [-0.1, -0.05) is 18.2 Å². The highest BCUT2D eigenvalue weighted by molar-refractivity contribution is 7.16. The standard InChI is InChI=1S/C12H9N3OS/c13-11(16)8-4-2-1-3-7(8)9-5-10-12(15-9)14-6-17-10/h1-6,15H,(H2,13,16). The highest BCUT2D eigenvalue weighted by Gasteiger charge is 2.11. The molecule has 1 aromatic carbocycles. The van der Waals surface area contributed by atoms with Crippen LogP contribution in [0, 0.1) is 0 Å². The molecular formula is C12H9N3OS. The minimum absolute atomic E-state index is 0.425. The van der Waals surface area contributed by atoms with Crippen LogP contribution in [0.1, 0.15) is 10.4 Å². The van der Waals surface area contributed by atoms with Gasteiger partial charge in [0.2, 0.25) is 5.91 Å². The van der Waals surface area contributed by atoms with Gasteiger partial charge < -0.3 is 10.7 Å². The predicted molar refractivity (Wildman–Crippen MR) is 67.9 cm³/mol. The minimum Gasteiger partial charge on any atom is -0.366 e. The van der Waals surface area contributed by atoms with Gasteiger partial charge in [-0.2, -0.15) is 0 Å². The van der Waals surface area contributed by atoms with Gasteiger partial charge in [0.1, 0.15) is 5.65 Å². The number of aromatic amines is 1. The third-order valence-corrected chi connectivity index (χ3v) is 3.38. The minimum atomic E-state index is -0.425. The molecule has 2 aromatic heterocycles. The van der Waals surface area contributed by atoms with Gasteiger partial charge in [-0.25, -0.2) is 4.98 Å². The van der Waals surface area contributed by atoms with Crippen molar-refractivity contribution in [3.05, 3.63) is 41.4 Å². The summed E-state index contributed by atoms with van der Waals surface area (Å²) < 4.78 is 1.07. The van der Waals surface area contributed by atoms with Crippen LogP contribution in [0.2, 0.25) is 0 Å². The van der Waals surface area contributed by atoms with Crippen molar-refractivity contribution in [1.82, 2.24) is 9.97 Å². The molecule has 3 rings (SSSR count). The molecule has 0 bridgehead atoms. The maximum absolute atomic E-state index is 11.3. The molecule has 3 aromatic rings. The first-order chi connectivity index (χ1) is 8.25. The number of amides is 1. The van der Waals surface area contributed by atoms with Gasteiger partial charge in [0.15, 0.2) is 0 Å². The van der Waals surface area contributed by atoms with Crippen LogP contribution in [0.15, 0.2) is 35.8 Å². The van der Waals surface area contributed by atoms with Crippen molar-refractivity contribution in [3.8, 4) is 11.3 Å². The van der Waals surface area contributed by atoms with Gasteiger partial charge in [-0.3, -0.25) is 4.79 Å². The quantitative estimate of drug-likeness (QED) is 0.725. The Kier molecular flexibility index (Phi) is 2.19. The predicted octanol–water partition coefficient (Wildman–Crippen LogP) is 2.39. The van der Waals surface area contributed by atoms with Gasteiger partial charge in [0, 0.05) is 16.8 Å². The van der Waals surface area contributed by atoms with Crippen molar-refractivity contribution in [2.45, 2.75) is 0 Å². The molecule has 0 saturated heterocycles. The van der Waals surface area contributed by atoms with E-state index in [1.165, 1.54) is 0 Å². The monoisotopic (exact) mass is 243 g/mol. The molecule has 0 saturated carbocycles. The molecule has 4 nitrogen and oxygen atoms in total. The highest BCUT2D eigenvalue weighted by Crippen LogP contribution is 2.28. The largest absolute Gasteiger partial charge is 0.366 e. The summed E-state index contributed by atoms with van der Waals surface area (Å²) in [4.78, 5) is 18.7. The molecule has 0 unspecified atom stereocenters. The van der Waals surface area contributed by atoms with Crippen LogP contribution in [0.4, 0.5) is 0 Å². The fraction of sp³-hybridized carbons (Fsp3) is 0. The second-order valence-corrected chi connectivity index (χ2v) is 4.54. The normalized spacial score (nSPS) is 10.8. The van der Waals surface area contributed by atoms with Gasteiger partial charge in [-0.15, -0.1) is 11.3 Å². The van der Waals surface area contributed by atoms with E-state index in [0.717, 1.165) is 21.6 Å². The number of fused-ring (bicyclic) bond motifs is 1. The molecule has 0 spiro atoms. The van der Waals surface area contributed by atoms with E-state index < -0.39 is 5.91 Å². The van der Waals surface area contributed by atoms with E-state index in [-0.39, 0.29) is 0 Å². The Labute approximate surface area is 101 Å². The second-order valence-electron chi connectivity index (χ2n) is 3.66. The summed E-state index contributed by atoms with van der Waals surface area (Å²) in [6.07, 6.45) is 0. The smallest absolute Gasteiger partial charge is 0.249 e. The molecule has 84 valence electrons. The molecule has 5 heteroatoms. The number of primary amides is 1. The topological polar surface area (TPSA) is 71.8 Å². The average Bonchev–Trinajstić information content (AvgIpc) is 2.88. The zero-order chi connectivity index (χ0) is 11.8. The fourth-order valence-corrected chi connectivity index (χ4v) is 2.50. The number of H-pyrrole nitrogens is 1. The summed E-state index contributed by atoms with van der Waals surface area (Å²) in [5.74, 6) is -0.425. The van der Waals surface area contributed by atoms with E-state index in [1.54, 1.807) is 29.0 Å². The average molecular weight is 243 g/mol. The molecule has 0 radical (unpaired) electrons. The van der Waals surface area contributed by atoms with Gasteiger partial charge in [0.25, 0.3) is 0 Å². The van der Waals surface area contributed by atoms with E-state index in [4.69, 9.17) is 5.73 Å². The molecule has 0 fully saturated rings. The summed E-state index contributed by atoms with van der Waals surface area (Å²) in [5, 5.41) is 0. The zero-order valence-corrected chi connectivity index (χ0v) is 9.62. The first kappa shape index (κ1) is 10.0. The number of nitrogens with one attached hydrogen (secondary N) is 1. The van der Waals surface area contributed by atoms with Crippen molar-refractivity contribution in [1.29, 1.82) is 0 Å². The lowest BCUT2D eigenvalue weighted by Crippen LogP contribution is -2.12. The molecule has 0 atom stereocenters. The lowest BCUT2D eigenvalue weighted by Gasteiger charge is -2.03. The summed E-state index contributed by atoms with van der Waals surface area (Å²) in [6, 6.07) is 9.25. The van der Waals surface area contributed by atoms with Crippen molar-refractivity contribution in [2.24, 2.45) is 5.73 Å². The van der Waals surface area contributed by atoms with Crippen molar-refractivity contribution in [3.63, 3.8) is 0 Å². The molecule has 2 heterocycles. The molecule has 0 aliphatic heterocycles. The third-order valence-electron chi connectivity index (χ3n) is 2.61. The lowest BCUT2D eigenvalue weighted by atomic mass is 10.0. The van der Waals surface area contributed by atoms with Crippen molar-refractivity contribution in [2.75, 3.05) is 0 Å². The van der Waals surface area contributed by atoms with Crippen LogP contribution in [0.5, 0.6) is 0 Å². The number of rotatable bonds is 2. The van der Waals surface area contributed by atoms with Gasteiger partial charge in [-0.05, 0) is 12.1 Å². The Bertz CT molecular complexity index is 670. The van der Waals surface area contributed by atoms with E-state index >= 15 is 0 Å². The Morgan fingerprint density at radius 1 is 1.35 bits per heavy atom. The summed E-state index contributed by atoms with van der Waals surface area (Å²) in [6.45, 7) is 0. The van der Waals surface area contributed by atoms with E-state index in [1.807, 2.05) is 18.2 Å². The number of aromatic nitrogens is 2. The van der Waals surface area contributed by atoms with E-state index in [0.29, 0.717) is 5.56 Å². The summed E-state index contributed by atoms with van der Waals surface area (Å²) >= 11 is 1.56. The molecular weight excluding hydrogens is 234 g/mol. The van der Waals surface area contributed by atoms with Gasteiger partial charge in [0.05, 0.1) is 10.2 Å². The highest BCUT2D eigenvalue weighted by atomic mass is 32.1. The number of nitrogens with zero attached hydrogens (tertiary/aromatic N) is 1. The Balaban J connectivity index is 2.21. The van der Waals surface area contributed by atoms with Crippen molar-refractivity contribution < 1.29 is 4.79 Å². The summed E-state index contributed by atoms with van der Waals surface area (Å²) in [7, 11) is 0. The lowest BCUT2D eigenvalue weighted by molar-refractivity contribution is 0.100. The molecule has 17 heavy (non-hydrogen) atoms. The SMILES string of the molecule is NC(=O)c1ccccc1-c1cc2scnc2[nH]1. The molecule has 1 amide bonds. The number of thiazole rings is 1. The maximum atomic E-state index is 11.3. The maximum Gasteiger partial charge on any atom is 0.249 e. The van der Waals surface area contributed by atoms with Crippen LogP contribution >= 0.6 is 11.3 Å². The molecule has 3 N–H and O–H groups in total. The van der Waals surface area contributed by atoms with Crippen LogP contribution < -0.4 is 5.73 Å². The Morgan fingerprint density at radius 2 is 2.18 bits per heavy atom. The van der Waals surface area contributed by atoms with E-state index in [2.05, 4.69) is 9.97 Å².